The van der Waals surface area contributed by atoms with Crippen molar-refractivity contribution in [2.45, 2.75) is 6.92 Å². The van der Waals surface area contributed by atoms with Crippen LogP contribution in [0.2, 0.25) is 0 Å². The fourth-order valence-corrected chi connectivity index (χ4v) is 1.78. The van der Waals surface area contributed by atoms with Gasteiger partial charge in [-0.3, -0.25) is 9.48 Å². The van der Waals surface area contributed by atoms with E-state index in [1.165, 1.54) is 19.2 Å². The third-order valence-electron chi connectivity index (χ3n) is 2.75. The third-order valence-corrected chi connectivity index (χ3v) is 2.75. The van der Waals surface area contributed by atoms with Gasteiger partial charge in [-0.15, -0.1) is 0 Å². The third kappa shape index (κ3) is 2.51. The van der Waals surface area contributed by atoms with E-state index in [0.29, 0.717) is 0 Å². The van der Waals surface area contributed by atoms with Crippen molar-refractivity contribution in [3.05, 3.63) is 47.0 Å². The van der Waals surface area contributed by atoms with Crippen LogP contribution in [-0.2, 0) is 7.05 Å². The highest BCUT2D eigenvalue weighted by Crippen LogP contribution is 2.17. The molecule has 0 bridgehead atoms. The van der Waals surface area contributed by atoms with Crippen molar-refractivity contribution in [3.8, 4) is 0 Å². The molecule has 0 saturated carbocycles. The SMILES string of the molecule is Cc1ccc(F)c(NC(=O)c2c(C(=O)O)cnn2C)c1. The van der Waals surface area contributed by atoms with Crippen LogP contribution in [0.4, 0.5) is 10.1 Å². The summed E-state index contributed by atoms with van der Waals surface area (Å²) in [5.74, 6) is -2.59. The Labute approximate surface area is 113 Å². The predicted octanol–water partition coefficient (Wildman–Crippen LogP) is 1.82. The number of aryl methyl sites for hydroxylation is 2. The van der Waals surface area contributed by atoms with E-state index >= 15 is 0 Å². The lowest BCUT2D eigenvalue weighted by molar-refractivity contribution is 0.0692. The highest BCUT2D eigenvalue weighted by Gasteiger charge is 2.22. The summed E-state index contributed by atoms with van der Waals surface area (Å²) in [5.41, 5.74) is 0.383. The van der Waals surface area contributed by atoms with Gasteiger partial charge in [0.1, 0.15) is 17.1 Å². The molecule has 6 nitrogen and oxygen atoms in total. The number of nitrogens with one attached hydrogen (secondary N) is 1. The largest absolute Gasteiger partial charge is 0.478 e. The second kappa shape index (κ2) is 5.12. The number of carboxylic acid groups (broad SMARTS) is 1. The number of hydrogen-bond donors (Lipinski definition) is 2. The van der Waals surface area contributed by atoms with Crippen molar-refractivity contribution in [1.29, 1.82) is 0 Å². The Kier molecular flexibility index (Phi) is 3.51. The molecule has 1 heterocycles. The average molecular weight is 277 g/mol. The Hall–Kier alpha value is -2.70. The zero-order chi connectivity index (χ0) is 14.9. The highest BCUT2D eigenvalue weighted by molar-refractivity contribution is 6.09. The number of anilines is 1. The molecule has 0 aliphatic heterocycles. The first-order chi connectivity index (χ1) is 9.40. The number of amides is 1. The summed E-state index contributed by atoms with van der Waals surface area (Å²) in [6.07, 6.45) is 1.07. The van der Waals surface area contributed by atoms with Crippen molar-refractivity contribution in [2.24, 2.45) is 7.05 Å². The lowest BCUT2D eigenvalue weighted by atomic mass is 10.2. The van der Waals surface area contributed by atoms with Gasteiger partial charge < -0.3 is 10.4 Å². The van der Waals surface area contributed by atoms with Crippen LogP contribution in [0.25, 0.3) is 0 Å². The van der Waals surface area contributed by atoms with Crippen LogP contribution in [0.1, 0.15) is 26.4 Å². The monoisotopic (exact) mass is 277 g/mol. The molecule has 1 amide bonds. The second-order valence-electron chi connectivity index (χ2n) is 4.27. The first-order valence-electron chi connectivity index (χ1n) is 5.73. The van der Waals surface area contributed by atoms with Gasteiger partial charge in [-0.25, -0.2) is 9.18 Å². The topological polar surface area (TPSA) is 84.2 Å². The van der Waals surface area contributed by atoms with Crippen molar-refractivity contribution >= 4 is 17.6 Å². The normalized spacial score (nSPS) is 10.3. The van der Waals surface area contributed by atoms with Crippen molar-refractivity contribution in [3.63, 3.8) is 0 Å². The van der Waals surface area contributed by atoms with Crippen LogP contribution >= 0.6 is 0 Å². The number of benzene rings is 1. The van der Waals surface area contributed by atoms with Crippen LogP contribution in [0.3, 0.4) is 0 Å². The molecule has 0 atom stereocenters. The van der Waals surface area contributed by atoms with E-state index in [1.54, 1.807) is 13.0 Å². The van der Waals surface area contributed by atoms with Crippen molar-refractivity contribution < 1.29 is 19.1 Å². The number of halogens is 1. The van der Waals surface area contributed by atoms with Crippen LogP contribution in [0, 0.1) is 12.7 Å². The van der Waals surface area contributed by atoms with Gasteiger partial charge in [0.15, 0.2) is 0 Å². The maximum atomic E-state index is 13.6. The first kappa shape index (κ1) is 13.7. The Bertz CT molecular complexity index is 694. The van der Waals surface area contributed by atoms with Crippen molar-refractivity contribution in [2.75, 3.05) is 5.32 Å². The van der Waals surface area contributed by atoms with E-state index in [9.17, 15) is 14.0 Å². The standard InChI is InChI=1S/C13H12FN3O3/c1-7-3-4-9(14)10(5-7)16-12(18)11-8(13(19)20)6-15-17(11)2/h3-6H,1-2H3,(H,16,18)(H,19,20). The van der Waals surface area contributed by atoms with Gasteiger partial charge in [0.2, 0.25) is 0 Å². The summed E-state index contributed by atoms with van der Waals surface area (Å²) in [6.45, 7) is 1.75. The molecule has 0 aliphatic carbocycles. The quantitative estimate of drug-likeness (QED) is 0.896. The maximum absolute atomic E-state index is 13.6. The molecule has 0 unspecified atom stereocenters. The summed E-state index contributed by atoms with van der Waals surface area (Å²) in [6, 6.07) is 4.26. The van der Waals surface area contributed by atoms with Crippen LogP contribution in [0.5, 0.6) is 0 Å². The number of aromatic nitrogens is 2. The molecule has 1 aromatic heterocycles. The molecule has 0 spiro atoms. The number of carboxylic acids is 1. The number of rotatable bonds is 3. The van der Waals surface area contributed by atoms with Gasteiger partial charge in [-0.2, -0.15) is 5.10 Å². The fraction of sp³-hybridized carbons (Fsp3) is 0.154. The first-order valence-corrected chi connectivity index (χ1v) is 5.73. The minimum absolute atomic E-state index is 0.00691. The van der Waals surface area contributed by atoms with Gasteiger partial charge in [0, 0.05) is 7.05 Å². The molecule has 2 aromatic rings. The number of carbonyl (C=O) groups is 2. The van der Waals surface area contributed by atoms with Crippen LogP contribution in [0.15, 0.2) is 24.4 Å². The van der Waals surface area contributed by atoms with E-state index in [2.05, 4.69) is 10.4 Å². The number of hydrogen-bond acceptors (Lipinski definition) is 3. The van der Waals surface area contributed by atoms with Crippen LogP contribution < -0.4 is 5.32 Å². The molecule has 2 rings (SSSR count). The van der Waals surface area contributed by atoms with Gasteiger partial charge in [-0.1, -0.05) is 6.07 Å². The molecule has 20 heavy (non-hydrogen) atoms. The van der Waals surface area contributed by atoms with Crippen molar-refractivity contribution in [1.82, 2.24) is 9.78 Å². The Morgan fingerprint density at radius 3 is 2.75 bits per heavy atom. The van der Waals surface area contributed by atoms with Gasteiger partial charge in [-0.05, 0) is 24.6 Å². The average Bonchev–Trinajstić information content (AvgIpc) is 2.76. The van der Waals surface area contributed by atoms with E-state index in [-0.39, 0.29) is 16.9 Å². The Morgan fingerprint density at radius 1 is 1.40 bits per heavy atom. The van der Waals surface area contributed by atoms with Crippen LogP contribution in [-0.4, -0.2) is 26.8 Å². The van der Waals surface area contributed by atoms with E-state index < -0.39 is 17.7 Å². The second-order valence-corrected chi connectivity index (χ2v) is 4.27. The lowest BCUT2D eigenvalue weighted by Gasteiger charge is -2.08. The fourth-order valence-electron chi connectivity index (χ4n) is 1.78. The number of aromatic carboxylic acids is 1. The summed E-state index contributed by atoms with van der Waals surface area (Å²) in [4.78, 5) is 23.1. The molecular formula is C13H12FN3O3. The zero-order valence-corrected chi connectivity index (χ0v) is 10.8. The van der Waals surface area contributed by atoms with Gasteiger partial charge >= 0.3 is 5.97 Å². The van der Waals surface area contributed by atoms with E-state index in [0.717, 1.165) is 16.4 Å². The maximum Gasteiger partial charge on any atom is 0.339 e. The minimum Gasteiger partial charge on any atom is -0.478 e. The summed E-state index contributed by atoms with van der Waals surface area (Å²) in [7, 11) is 1.44. The zero-order valence-electron chi connectivity index (χ0n) is 10.8. The molecular weight excluding hydrogens is 265 g/mol. The number of nitrogens with zero attached hydrogens (tertiary/aromatic N) is 2. The Morgan fingerprint density at radius 2 is 2.10 bits per heavy atom. The predicted molar refractivity (Wildman–Crippen MR) is 69.3 cm³/mol. The molecule has 1 aromatic carbocycles. The smallest absolute Gasteiger partial charge is 0.339 e. The van der Waals surface area contributed by atoms with E-state index in [1.807, 2.05) is 0 Å². The summed E-state index contributed by atoms with van der Waals surface area (Å²) in [5, 5.41) is 15.1. The Balaban J connectivity index is 2.36. The molecule has 0 radical (unpaired) electrons. The number of carbonyl (C=O) groups excluding carboxylic acids is 1. The van der Waals surface area contributed by atoms with E-state index in [4.69, 9.17) is 5.11 Å². The summed E-state index contributed by atoms with van der Waals surface area (Å²) >= 11 is 0. The summed E-state index contributed by atoms with van der Waals surface area (Å²) < 4.78 is 14.7. The molecule has 104 valence electrons. The minimum atomic E-state index is -1.27. The molecule has 0 aliphatic rings. The molecule has 2 N–H and O–H groups in total. The molecule has 0 saturated heterocycles. The van der Waals surface area contributed by atoms with Gasteiger partial charge in [0.05, 0.1) is 11.9 Å². The lowest BCUT2D eigenvalue weighted by Crippen LogP contribution is -2.20. The van der Waals surface area contributed by atoms with Gasteiger partial charge in [0.25, 0.3) is 5.91 Å². The molecule has 0 fully saturated rings. The highest BCUT2D eigenvalue weighted by atomic mass is 19.1. The molecule has 7 heteroatoms.